The third kappa shape index (κ3) is 4.34. The van der Waals surface area contributed by atoms with Crippen LogP contribution >= 0.6 is 58.2 Å². The highest BCUT2D eigenvalue weighted by molar-refractivity contribution is 8.05. The summed E-state index contributed by atoms with van der Waals surface area (Å²) in [6.07, 6.45) is 4.55. The predicted octanol–water partition coefficient (Wildman–Crippen LogP) is 9.97. The van der Waals surface area contributed by atoms with Crippen molar-refractivity contribution in [3.8, 4) is 22.3 Å². The predicted molar refractivity (Wildman–Crippen MR) is 136 cm³/mol. The smallest absolute Gasteiger partial charge is 0.169 e. The maximum Gasteiger partial charge on any atom is 0.169 e. The van der Waals surface area contributed by atoms with Gasteiger partial charge in [0.15, 0.2) is 5.88 Å². The van der Waals surface area contributed by atoms with Crippen molar-refractivity contribution in [2.24, 2.45) is 0 Å². The van der Waals surface area contributed by atoms with Crippen molar-refractivity contribution in [1.29, 1.82) is 0 Å². The molecule has 1 nitrogen and oxygen atoms in total. The Morgan fingerprint density at radius 1 is 0.710 bits per heavy atom. The summed E-state index contributed by atoms with van der Waals surface area (Å²) in [7, 11) is 0. The summed E-state index contributed by atoms with van der Waals surface area (Å²) in [5.41, 5.74) is 6.35. The minimum Gasteiger partial charge on any atom is -0.321 e. The van der Waals surface area contributed by atoms with Crippen LogP contribution in [0.25, 0.3) is 22.3 Å². The van der Waals surface area contributed by atoms with E-state index in [0.717, 1.165) is 40.8 Å². The zero-order chi connectivity index (χ0) is 21.5. The summed E-state index contributed by atoms with van der Waals surface area (Å²) in [6, 6.07) is 17.5. The monoisotopic (exact) mass is 503 g/mol. The molecule has 0 atom stereocenters. The number of thioether (sulfide) groups is 1. The fraction of sp³-hybridized carbons (Fsp3) is 0.160. The van der Waals surface area contributed by atoms with Crippen LogP contribution in [0, 0.1) is 5.88 Å². The zero-order valence-corrected chi connectivity index (χ0v) is 20.2. The topological polar surface area (TPSA) is 3.24 Å². The SMILES string of the molecule is Clc1cc(Cl)cc(-c2cccc(-c3cc(Cl)cc(Cl)c3)c2N2[C]SC3=C2CCCC3)c1. The van der Waals surface area contributed by atoms with Crippen LogP contribution in [0.3, 0.4) is 0 Å². The molecule has 0 spiro atoms. The molecule has 1 aliphatic carbocycles. The Kier molecular flexibility index (Phi) is 6.20. The Bertz CT molecular complexity index is 1090. The molecule has 2 radical (unpaired) electrons. The van der Waals surface area contributed by atoms with Gasteiger partial charge in [0, 0.05) is 41.8 Å². The second-order valence-electron chi connectivity index (χ2n) is 7.62. The van der Waals surface area contributed by atoms with Crippen molar-refractivity contribution in [2.45, 2.75) is 25.7 Å². The average Bonchev–Trinajstić information content (AvgIpc) is 3.15. The lowest BCUT2D eigenvalue weighted by Crippen LogP contribution is -2.17. The fourth-order valence-electron chi connectivity index (χ4n) is 4.21. The lowest BCUT2D eigenvalue weighted by Gasteiger charge is -2.28. The quantitative estimate of drug-likeness (QED) is 0.349. The number of benzene rings is 3. The van der Waals surface area contributed by atoms with Gasteiger partial charge in [-0.1, -0.05) is 76.4 Å². The van der Waals surface area contributed by atoms with E-state index in [-0.39, 0.29) is 0 Å². The highest BCUT2D eigenvalue weighted by Gasteiger charge is 2.31. The third-order valence-corrected chi connectivity index (χ3v) is 7.36. The van der Waals surface area contributed by atoms with Crippen LogP contribution in [0.4, 0.5) is 5.69 Å². The minimum atomic E-state index is 0.603. The zero-order valence-electron chi connectivity index (χ0n) is 16.4. The molecule has 3 aromatic carbocycles. The van der Waals surface area contributed by atoms with Crippen molar-refractivity contribution in [3.63, 3.8) is 0 Å². The third-order valence-electron chi connectivity index (χ3n) is 5.53. The Morgan fingerprint density at radius 3 is 1.77 bits per heavy atom. The van der Waals surface area contributed by atoms with E-state index in [1.54, 1.807) is 23.9 Å². The number of hydrogen-bond donors (Lipinski definition) is 0. The standard InChI is InChI=1S/C25H17Cl4NS/c26-17-8-15(9-18(27)12-17)21-4-3-5-22(16-10-19(28)13-20(29)11-16)25(21)30-14-31-24-7-2-1-6-23(24)30/h3-5,8-13H,1-2,6-7H2. The summed E-state index contributed by atoms with van der Waals surface area (Å²) in [5.74, 6) is 3.54. The van der Waals surface area contributed by atoms with E-state index in [1.165, 1.54) is 23.4 Å². The molecule has 0 amide bonds. The Hall–Kier alpha value is -1.29. The molecule has 1 aliphatic heterocycles. The normalized spacial score (nSPS) is 16.1. The van der Waals surface area contributed by atoms with E-state index in [0.29, 0.717) is 20.1 Å². The number of rotatable bonds is 3. The van der Waals surface area contributed by atoms with E-state index in [2.05, 4.69) is 22.9 Å². The molecule has 6 heteroatoms. The fourth-order valence-corrected chi connectivity index (χ4v) is 6.23. The Labute approximate surface area is 206 Å². The molecule has 31 heavy (non-hydrogen) atoms. The first-order valence-corrected chi connectivity index (χ1v) is 12.3. The van der Waals surface area contributed by atoms with E-state index in [4.69, 9.17) is 46.4 Å². The highest BCUT2D eigenvalue weighted by atomic mass is 35.5. The highest BCUT2D eigenvalue weighted by Crippen LogP contribution is 2.51. The van der Waals surface area contributed by atoms with Crippen LogP contribution in [0.2, 0.25) is 20.1 Å². The van der Waals surface area contributed by atoms with Crippen LogP contribution in [0.5, 0.6) is 0 Å². The van der Waals surface area contributed by atoms with E-state index in [9.17, 15) is 0 Å². The molecule has 3 aromatic rings. The first kappa shape index (κ1) is 21.6. The van der Waals surface area contributed by atoms with Crippen LogP contribution < -0.4 is 4.90 Å². The molecule has 0 bridgehead atoms. The van der Waals surface area contributed by atoms with Crippen molar-refractivity contribution in [2.75, 3.05) is 4.90 Å². The lowest BCUT2D eigenvalue weighted by atomic mass is 9.94. The largest absolute Gasteiger partial charge is 0.321 e. The summed E-state index contributed by atoms with van der Waals surface area (Å²) >= 11 is 27.1. The first-order chi connectivity index (χ1) is 15.0. The van der Waals surface area contributed by atoms with Crippen molar-refractivity contribution in [3.05, 3.63) is 91.2 Å². The summed E-state index contributed by atoms with van der Waals surface area (Å²) in [6.45, 7) is 0. The average molecular weight is 505 g/mol. The molecule has 1 heterocycles. The maximum atomic E-state index is 6.36. The summed E-state index contributed by atoms with van der Waals surface area (Å²) in [5, 5.41) is 2.41. The summed E-state index contributed by atoms with van der Waals surface area (Å²) in [4.78, 5) is 3.62. The number of para-hydroxylation sites is 1. The lowest BCUT2D eigenvalue weighted by molar-refractivity contribution is 0.687. The molecule has 156 valence electrons. The van der Waals surface area contributed by atoms with Gasteiger partial charge in [-0.15, -0.1) is 0 Å². The van der Waals surface area contributed by atoms with E-state index < -0.39 is 0 Å². The molecular weight excluding hydrogens is 488 g/mol. The molecule has 0 saturated heterocycles. The Morgan fingerprint density at radius 2 is 1.23 bits per heavy atom. The molecule has 0 saturated carbocycles. The minimum absolute atomic E-state index is 0.603. The van der Waals surface area contributed by atoms with Gasteiger partial charge in [0.1, 0.15) is 0 Å². The van der Waals surface area contributed by atoms with Gasteiger partial charge in [-0.05, 0) is 73.2 Å². The van der Waals surface area contributed by atoms with Gasteiger partial charge < -0.3 is 4.90 Å². The first-order valence-electron chi connectivity index (χ1n) is 10.0. The van der Waals surface area contributed by atoms with Gasteiger partial charge in [-0.3, -0.25) is 0 Å². The van der Waals surface area contributed by atoms with Crippen molar-refractivity contribution in [1.82, 2.24) is 0 Å². The van der Waals surface area contributed by atoms with Crippen LogP contribution in [-0.2, 0) is 0 Å². The second kappa shape index (κ2) is 8.92. The number of hydrogen-bond acceptors (Lipinski definition) is 2. The summed E-state index contributed by atoms with van der Waals surface area (Å²) < 4.78 is 0. The molecular formula is C25H17Cl4NS. The van der Waals surface area contributed by atoms with Crippen LogP contribution in [0.1, 0.15) is 25.7 Å². The van der Waals surface area contributed by atoms with Gasteiger partial charge in [0.2, 0.25) is 0 Å². The van der Waals surface area contributed by atoms with Crippen molar-refractivity contribution < 1.29 is 0 Å². The van der Waals surface area contributed by atoms with Gasteiger partial charge in [-0.2, -0.15) is 0 Å². The number of nitrogens with zero attached hydrogens (tertiary/aromatic N) is 1. The van der Waals surface area contributed by atoms with Gasteiger partial charge in [0.05, 0.1) is 5.69 Å². The van der Waals surface area contributed by atoms with Gasteiger partial charge in [-0.25, -0.2) is 0 Å². The van der Waals surface area contributed by atoms with Crippen LogP contribution in [0.15, 0.2) is 65.2 Å². The molecule has 0 aromatic heterocycles. The number of anilines is 1. The number of halogens is 4. The van der Waals surface area contributed by atoms with Gasteiger partial charge >= 0.3 is 0 Å². The number of allylic oxidation sites excluding steroid dienone is 2. The molecule has 5 rings (SSSR count). The van der Waals surface area contributed by atoms with Crippen LogP contribution in [-0.4, -0.2) is 0 Å². The van der Waals surface area contributed by atoms with Crippen molar-refractivity contribution >= 4 is 63.9 Å². The van der Waals surface area contributed by atoms with Gasteiger partial charge in [0.25, 0.3) is 0 Å². The van der Waals surface area contributed by atoms with E-state index >= 15 is 0 Å². The molecule has 0 unspecified atom stereocenters. The molecule has 0 fully saturated rings. The maximum absolute atomic E-state index is 6.36. The Balaban J connectivity index is 1.77. The molecule has 0 N–H and O–H groups in total. The molecule has 2 aliphatic rings. The van der Waals surface area contributed by atoms with E-state index in [1.807, 2.05) is 30.3 Å². The second-order valence-corrected chi connectivity index (χ2v) is 10.2.